The molecule has 2 aliphatic rings. The maximum absolute atomic E-state index is 12.8. The summed E-state index contributed by atoms with van der Waals surface area (Å²) in [7, 11) is -1.43. The standard InChI is InChI=1S/C19H26N2O5S/c1-13(2)26-17-7-5-4-6-16(17)21-11-14(10-18(21)22)19(23)20(3)15-8-9-27(24,25)12-15/h4-7,13-15H,8-12H2,1-3H3. The number of carbonyl (C=O) groups excluding carboxylic acids is 2. The van der Waals surface area contributed by atoms with Gasteiger partial charge in [0, 0.05) is 26.1 Å². The van der Waals surface area contributed by atoms with Crippen molar-refractivity contribution in [2.45, 2.75) is 38.8 Å². The molecule has 2 heterocycles. The number of hydrogen-bond acceptors (Lipinski definition) is 5. The molecule has 0 saturated carbocycles. The number of anilines is 1. The van der Waals surface area contributed by atoms with Crippen molar-refractivity contribution < 1.29 is 22.7 Å². The molecule has 8 heteroatoms. The predicted molar refractivity (Wildman–Crippen MR) is 102 cm³/mol. The van der Waals surface area contributed by atoms with Gasteiger partial charge in [-0.2, -0.15) is 0 Å². The number of sulfone groups is 1. The molecule has 27 heavy (non-hydrogen) atoms. The number of ether oxygens (including phenoxy) is 1. The van der Waals surface area contributed by atoms with E-state index in [4.69, 9.17) is 4.74 Å². The molecule has 0 aromatic heterocycles. The second kappa shape index (κ2) is 7.50. The van der Waals surface area contributed by atoms with Crippen LogP contribution >= 0.6 is 0 Å². The number of para-hydroxylation sites is 2. The van der Waals surface area contributed by atoms with Crippen molar-refractivity contribution in [3.8, 4) is 5.75 Å². The Kier molecular flexibility index (Phi) is 5.46. The Bertz CT molecular complexity index is 836. The van der Waals surface area contributed by atoms with E-state index in [1.807, 2.05) is 38.1 Å². The van der Waals surface area contributed by atoms with Gasteiger partial charge in [0.05, 0.1) is 29.2 Å². The predicted octanol–water partition coefficient (Wildman–Crippen LogP) is 1.47. The Morgan fingerprint density at radius 1 is 1.30 bits per heavy atom. The molecule has 0 N–H and O–H groups in total. The summed E-state index contributed by atoms with van der Waals surface area (Å²) in [4.78, 5) is 28.5. The second-order valence-electron chi connectivity index (χ2n) is 7.55. The van der Waals surface area contributed by atoms with Crippen LogP contribution in [0.1, 0.15) is 26.7 Å². The first kappa shape index (κ1) is 19.7. The second-order valence-corrected chi connectivity index (χ2v) is 9.77. The van der Waals surface area contributed by atoms with Crippen LogP contribution in [0.2, 0.25) is 0 Å². The SMILES string of the molecule is CC(C)Oc1ccccc1N1CC(C(=O)N(C)C2CCS(=O)(=O)C2)CC1=O. The van der Waals surface area contributed by atoms with Crippen LogP contribution < -0.4 is 9.64 Å². The summed E-state index contributed by atoms with van der Waals surface area (Å²) < 4.78 is 29.2. The van der Waals surface area contributed by atoms with Crippen LogP contribution in [0.5, 0.6) is 5.75 Å². The minimum atomic E-state index is -3.07. The number of rotatable bonds is 5. The number of amides is 2. The molecule has 2 amide bonds. The molecule has 0 radical (unpaired) electrons. The summed E-state index contributed by atoms with van der Waals surface area (Å²) >= 11 is 0. The number of carbonyl (C=O) groups is 2. The molecule has 0 spiro atoms. The summed E-state index contributed by atoms with van der Waals surface area (Å²) in [6, 6.07) is 7.01. The van der Waals surface area contributed by atoms with Gasteiger partial charge >= 0.3 is 0 Å². The highest BCUT2D eigenvalue weighted by molar-refractivity contribution is 7.91. The summed E-state index contributed by atoms with van der Waals surface area (Å²) in [5.74, 6) is -0.0341. The molecule has 0 bridgehead atoms. The zero-order valence-corrected chi connectivity index (χ0v) is 16.7. The fourth-order valence-electron chi connectivity index (χ4n) is 3.69. The van der Waals surface area contributed by atoms with Crippen molar-refractivity contribution in [3.63, 3.8) is 0 Å². The quantitative estimate of drug-likeness (QED) is 0.755. The third-order valence-electron chi connectivity index (χ3n) is 5.10. The van der Waals surface area contributed by atoms with Gasteiger partial charge in [-0.15, -0.1) is 0 Å². The van der Waals surface area contributed by atoms with Crippen LogP contribution in [-0.2, 0) is 19.4 Å². The minimum absolute atomic E-state index is 0.00465. The summed E-state index contributed by atoms with van der Waals surface area (Å²) in [5.41, 5.74) is 0.664. The molecule has 0 aliphatic carbocycles. The van der Waals surface area contributed by atoms with Crippen LogP contribution in [0.25, 0.3) is 0 Å². The van der Waals surface area contributed by atoms with E-state index < -0.39 is 15.8 Å². The van der Waals surface area contributed by atoms with E-state index in [1.165, 1.54) is 4.90 Å². The van der Waals surface area contributed by atoms with Crippen LogP contribution in [0.3, 0.4) is 0 Å². The van der Waals surface area contributed by atoms with E-state index in [-0.39, 0.29) is 48.4 Å². The van der Waals surface area contributed by atoms with E-state index in [9.17, 15) is 18.0 Å². The average Bonchev–Trinajstić information content (AvgIpc) is 3.16. The molecule has 1 aromatic rings. The van der Waals surface area contributed by atoms with Gasteiger partial charge in [0.1, 0.15) is 5.75 Å². The zero-order chi connectivity index (χ0) is 19.8. The highest BCUT2D eigenvalue weighted by atomic mass is 32.2. The zero-order valence-electron chi connectivity index (χ0n) is 15.9. The minimum Gasteiger partial charge on any atom is -0.489 e. The van der Waals surface area contributed by atoms with Gasteiger partial charge < -0.3 is 14.5 Å². The number of benzene rings is 1. The van der Waals surface area contributed by atoms with Crippen LogP contribution in [0.15, 0.2) is 24.3 Å². The maximum Gasteiger partial charge on any atom is 0.228 e. The van der Waals surface area contributed by atoms with Crippen LogP contribution in [0, 0.1) is 5.92 Å². The van der Waals surface area contributed by atoms with E-state index in [0.29, 0.717) is 17.9 Å². The molecule has 2 saturated heterocycles. The van der Waals surface area contributed by atoms with E-state index in [0.717, 1.165) is 0 Å². The van der Waals surface area contributed by atoms with Crippen molar-refractivity contribution in [2.24, 2.45) is 5.92 Å². The maximum atomic E-state index is 12.8. The third kappa shape index (κ3) is 4.26. The molecule has 3 rings (SSSR count). The van der Waals surface area contributed by atoms with Gasteiger partial charge in [-0.3, -0.25) is 9.59 Å². The van der Waals surface area contributed by atoms with Gasteiger partial charge in [0.15, 0.2) is 9.84 Å². The van der Waals surface area contributed by atoms with Crippen molar-refractivity contribution in [1.29, 1.82) is 0 Å². The summed E-state index contributed by atoms with van der Waals surface area (Å²) in [6.07, 6.45) is 0.551. The van der Waals surface area contributed by atoms with Gasteiger partial charge in [0.25, 0.3) is 0 Å². The van der Waals surface area contributed by atoms with E-state index >= 15 is 0 Å². The summed E-state index contributed by atoms with van der Waals surface area (Å²) in [5, 5.41) is 0. The molecule has 1 aromatic carbocycles. The van der Waals surface area contributed by atoms with Crippen molar-refractivity contribution in [2.75, 3.05) is 30.0 Å². The Morgan fingerprint density at radius 2 is 2.00 bits per heavy atom. The highest BCUT2D eigenvalue weighted by Crippen LogP contribution is 2.34. The molecular weight excluding hydrogens is 368 g/mol. The third-order valence-corrected chi connectivity index (χ3v) is 6.85. The highest BCUT2D eigenvalue weighted by Gasteiger charge is 2.40. The molecule has 148 valence electrons. The van der Waals surface area contributed by atoms with Crippen LogP contribution in [0.4, 0.5) is 5.69 Å². The first-order valence-corrected chi connectivity index (χ1v) is 11.0. The van der Waals surface area contributed by atoms with Gasteiger partial charge in [0.2, 0.25) is 11.8 Å². The average molecular weight is 394 g/mol. The first-order valence-electron chi connectivity index (χ1n) is 9.21. The normalized spacial score (nSPS) is 24.4. The van der Waals surface area contributed by atoms with Crippen molar-refractivity contribution in [1.82, 2.24) is 4.90 Å². The van der Waals surface area contributed by atoms with Gasteiger partial charge in [-0.1, -0.05) is 12.1 Å². The first-order chi connectivity index (χ1) is 12.7. The van der Waals surface area contributed by atoms with Crippen molar-refractivity contribution >= 4 is 27.3 Å². The largest absolute Gasteiger partial charge is 0.489 e. The summed E-state index contributed by atoms with van der Waals surface area (Å²) in [6.45, 7) is 4.11. The number of nitrogens with zero attached hydrogens (tertiary/aromatic N) is 2. The molecule has 2 atom stereocenters. The Hall–Kier alpha value is -2.09. The monoisotopic (exact) mass is 394 g/mol. The lowest BCUT2D eigenvalue weighted by atomic mass is 10.1. The molecular formula is C19H26N2O5S. The lowest BCUT2D eigenvalue weighted by Crippen LogP contribution is -2.42. The molecule has 2 unspecified atom stereocenters. The fourth-order valence-corrected chi connectivity index (χ4v) is 5.46. The topological polar surface area (TPSA) is 84.0 Å². The van der Waals surface area contributed by atoms with E-state index in [2.05, 4.69) is 0 Å². The Balaban J connectivity index is 1.73. The van der Waals surface area contributed by atoms with Crippen LogP contribution in [-0.4, -0.2) is 62.4 Å². The fraction of sp³-hybridized carbons (Fsp3) is 0.579. The van der Waals surface area contributed by atoms with Gasteiger partial charge in [-0.05, 0) is 32.4 Å². The number of hydrogen-bond donors (Lipinski definition) is 0. The molecule has 2 fully saturated rings. The Morgan fingerprint density at radius 3 is 2.63 bits per heavy atom. The molecule has 2 aliphatic heterocycles. The van der Waals surface area contributed by atoms with Crippen molar-refractivity contribution in [3.05, 3.63) is 24.3 Å². The molecule has 7 nitrogen and oxygen atoms in total. The van der Waals surface area contributed by atoms with E-state index in [1.54, 1.807) is 11.9 Å². The smallest absolute Gasteiger partial charge is 0.228 e. The Labute approximate surface area is 160 Å². The lowest BCUT2D eigenvalue weighted by molar-refractivity contribution is -0.136. The lowest BCUT2D eigenvalue weighted by Gasteiger charge is -2.26. The van der Waals surface area contributed by atoms with Gasteiger partial charge in [-0.25, -0.2) is 8.42 Å².